The summed E-state index contributed by atoms with van der Waals surface area (Å²) in [6.07, 6.45) is 2.98. The van der Waals surface area contributed by atoms with Crippen molar-refractivity contribution < 1.29 is 9.90 Å². The first-order valence-corrected chi connectivity index (χ1v) is 8.53. The highest BCUT2D eigenvalue weighted by Crippen LogP contribution is 2.20. The molecule has 9 heteroatoms. The van der Waals surface area contributed by atoms with E-state index < -0.39 is 24.1 Å². The van der Waals surface area contributed by atoms with Gasteiger partial charge in [-0.2, -0.15) is 15.0 Å². The first-order chi connectivity index (χ1) is 13.5. The van der Waals surface area contributed by atoms with Gasteiger partial charge in [-0.3, -0.25) is 14.6 Å². The van der Waals surface area contributed by atoms with E-state index in [0.29, 0.717) is 22.0 Å². The van der Waals surface area contributed by atoms with Gasteiger partial charge in [0.25, 0.3) is 11.5 Å². The molecule has 0 aliphatic carbocycles. The Morgan fingerprint density at radius 1 is 1.32 bits per heavy atom. The van der Waals surface area contributed by atoms with E-state index in [9.17, 15) is 9.59 Å². The van der Waals surface area contributed by atoms with E-state index in [2.05, 4.69) is 15.4 Å². The normalized spacial score (nSPS) is 11.5. The third-order valence-electron chi connectivity index (χ3n) is 3.83. The summed E-state index contributed by atoms with van der Waals surface area (Å²) in [5.41, 5.74) is 0.449. The molecule has 0 bridgehead atoms. The first-order valence-electron chi connectivity index (χ1n) is 8.15. The standard InChI is InChI=1S/C19H14ClN5O3/c20-13-5-3-12(4-6-13)17-8-16(18(27)23-14(9-21)11-26)19(28)25(24-17)15-2-1-7-22-10-15/h1-8,10,14,26H,11H2,(H,23,27)/t14-/m0/s1. The molecule has 0 spiro atoms. The molecule has 140 valence electrons. The summed E-state index contributed by atoms with van der Waals surface area (Å²) in [6, 6.07) is 11.9. The molecule has 3 aromatic rings. The molecule has 0 saturated carbocycles. The minimum absolute atomic E-state index is 0.225. The topological polar surface area (TPSA) is 121 Å². The zero-order valence-corrected chi connectivity index (χ0v) is 15.2. The maximum atomic E-state index is 12.9. The summed E-state index contributed by atoms with van der Waals surface area (Å²) in [5, 5.41) is 25.2. The van der Waals surface area contributed by atoms with Crippen molar-refractivity contribution in [2.24, 2.45) is 0 Å². The summed E-state index contributed by atoms with van der Waals surface area (Å²) in [4.78, 5) is 29.4. The highest BCUT2D eigenvalue weighted by atomic mass is 35.5. The van der Waals surface area contributed by atoms with Crippen LogP contribution >= 0.6 is 11.6 Å². The first kappa shape index (κ1) is 19.2. The largest absolute Gasteiger partial charge is 0.393 e. The van der Waals surface area contributed by atoms with Crippen molar-refractivity contribution in [3.63, 3.8) is 0 Å². The number of rotatable bonds is 5. The van der Waals surface area contributed by atoms with Crippen LogP contribution in [0.4, 0.5) is 0 Å². The molecular weight excluding hydrogens is 382 g/mol. The molecule has 0 radical (unpaired) electrons. The summed E-state index contributed by atoms with van der Waals surface area (Å²) in [6.45, 7) is -0.575. The highest BCUT2D eigenvalue weighted by molar-refractivity contribution is 6.30. The molecule has 28 heavy (non-hydrogen) atoms. The predicted octanol–water partition coefficient (Wildman–Crippen LogP) is 1.56. The van der Waals surface area contributed by atoms with E-state index in [-0.39, 0.29) is 5.56 Å². The van der Waals surface area contributed by atoms with Gasteiger partial charge >= 0.3 is 0 Å². The molecule has 0 aliphatic rings. The molecule has 1 aromatic carbocycles. The molecule has 2 N–H and O–H groups in total. The van der Waals surface area contributed by atoms with E-state index in [4.69, 9.17) is 22.0 Å². The van der Waals surface area contributed by atoms with Gasteiger partial charge in [0.15, 0.2) is 0 Å². The number of halogens is 1. The predicted molar refractivity (Wildman–Crippen MR) is 102 cm³/mol. The average molecular weight is 396 g/mol. The number of aliphatic hydroxyl groups is 1. The number of aliphatic hydroxyl groups excluding tert-OH is 1. The third kappa shape index (κ3) is 4.06. The summed E-state index contributed by atoms with van der Waals surface area (Å²) in [5.74, 6) is -0.791. The summed E-state index contributed by atoms with van der Waals surface area (Å²) >= 11 is 5.92. The van der Waals surface area contributed by atoms with Gasteiger partial charge in [-0.1, -0.05) is 23.7 Å². The van der Waals surface area contributed by atoms with Crippen molar-refractivity contribution in [1.82, 2.24) is 20.1 Å². The fourth-order valence-electron chi connectivity index (χ4n) is 2.43. The zero-order valence-electron chi connectivity index (χ0n) is 14.4. The van der Waals surface area contributed by atoms with Crippen LogP contribution < -0.4 is 10.9 Å². The molecule has 2 aromatic heterocycles. The Balaban J connectivity index is 2.17. The van der Waals surface area contributed by atoms with Crippen LogP contribution in [0.1, 0.15) is 10.4 Å². The number of nitrogens with zero attached hydrogens (tertiary/aromatic N) is 4. The Morgan fingerprint density at radius 2 is 2.07 bits per heavy atom. The number of pyridine rings is 1. The molecule has 1 atom stereocenters. The van der Waals surface area contributed by atoms with Gasteiger partial charge in [0.1, 0.15) is 11.6 Å². The molecule has 8 nitrogen and oxygen atoms in total. The number of amides is 1. The minimum Gasteiger partial charge on any atom is -0.393 e. The molecule has 0 aliphatic heterocycles. The lowest BCUT2D eigenvalue weighted by molar-refractivity contribution is 0.0929. The van der Waals surface area contributed by atoms with Crippen LogP contribution in [0.3, 0.4) is 0 Å². The van der Waals surface area contributed by atoms with E-state index in [1.807, 2.05) is 0 Å². The molecule has 1 amide bonds. The third-order valence-corrected chi connectivity index (χ3v) is 4.08. The van der Waals surface area contributed by atoms with E-state index in [1.54, 1.807) is 48.7 Å². The fourth-order valence-corrected chi connectivity index (χ4v) is 2.55. The van der Waals surface area contributed by atoms with Crippen molar-refractivity contribution in [3.8, 4) is 23.0 Å². The molecule has 2 heterocycles. The van der Waals surface area contributed by atoms with Crippen LogP contribution in [0.15, 0.2) is 59.7 Å². The SMILES string of the molecule is N#C[C@@H](CO)NC(=O)c1cc(-c2ccc(Cl)cc2)nn(-c2cccnc2)c1=O. The number of aromatic nitrogens is 3. The number of nitriles is 1. The number of hydrogen-bond acceptors (Lipinski definition) is 6. The van der Waals surface area contributed by atoms with Gasteiger partial charge < -0.3 is 10.4 Å². The number of carbonyl (C=O) groups excluding carboxylic acids is 1. The Labute approximate surface area is 164 Å². The van der Waals surface area contributed by atoms with Crippen molar-refractivity contribution in [3.05, 3.63) is 75.8 Å². The lowest BCUT2D eigenvalue weighted by atomic mass is 10.1. The van der Waals surface area contributed by atoms with Gasteiger partial charge in [0, 0.05) is 16.8 Å². The molecule has 3 rings (SSSR count). The van der Waals surface area contributed by atoms with Crippen molar-refractivity contribution >= 4 is 17.5 Å². The van der Waals surface area contributed by atoms with Crippen LogP contribution in [-0.4, -0.2) is 38.4 Å². The van der Waals surface area contributed by atoms with Crippen LogP contribution in [0.5, 0.6) is 0 Å². The number of carbonyl (C=O) groups is 1. The van der Waals surface area contributed by atoms with Crippen LogP contribution in [-0.2, 0) is 0 Å². The van der Waals surface area contributed by atoms with E-state index >= 15 is 0 Å². The van der Waals surface area contributed by atoms with Crippen molar-refractivity contribution in [2.45, 2.75) is 6.04 Å². The van der Waals surface area contributed by atoms with Gasteiger partial charge in [-0.05, 0) is 30.3 Å². The fraction of sp³-hybridized carbons (Fsp3) is 0.105. The summed E-state index contributed by atoms with van der Waals surface area (Å²) < 4.78 is 1.06. The second kappa shape index (κ2) is 8.43. The lowest BCUT2D eigenvalue weighted by Crippen LogP contribution is -2.40. The van der Waals surface area contributed by atoms with Crippen LogP contribution in [0.25, 0.3) is 16.9 Å². The second-order valence-electron chi connectivity index (χ2n) is 5.72. The molecule has 0 unspecified atom stereocenters. The van der Waals surface area contributed by atoms with Crippen molar-refractivity contribution in [2.75, 3.05) is 6.61 Å². The van der Waals surface area contributed by atoms with E-state index in [0.717, 1.165) is 4.68 Å². The molecule has 0 fully saturated rings. The Hall–Kier alpha value is -3.54. The Bertz CT molecular complexity index is 1090. The van der Waals surface area contributed by atoms with Crippen LogP contribution in [0.2, 0.25) is 5.02 Å². The van der Waals surface area contributed by atoms with Gasteiger partial charge in [0.05, 0.1) is 30.3 Å². The highest BCUT2D eigenvalue weighted by Gasteiger charge is 2.20. The molecular formula is C19H14ClN5O3. The number of nitrogens with one attached hydrogen (secondary N) is 1. The Morgan fingerprint density at radius 3 is 2.68 bits per heavy atom. The number of benzene rings is 1. The Kier molecular flexibility index (Phi) is 5.79. The maximum Gasteiger partial charge on any atom is 0.284 e. The quantitative estimate of drug-likeness (QED) is 0.676. The molecule has 0 saturated heterocycles. The zero-order chi connectivity index (χ0) is 20.1. The van der Waals surface area contributed by atoms with Crippen molar-refractivity contribution in [1.29, 1.82) is 5.26 Å². The lowest BCUT2D eigenvalue weighted by Gasteiger charge is -2.12. The maximum absolute atomic E-state index is 12.9. The smallest absolute Gasteiger partial charge is 0.284 e. The van der Waals surface area contributed by atoms with Crippen LogP contribution in [0, 0.1) is 11.3 Å². The second-order valence-corrected chi connectivity index (χ2v) is 6.15. The van der Waals surface area contributed by atoms with Gasteiger partial charge in [-0.15, -0.1) is 0 Å². The monoisotopic (exact) mass is 395 g/mol. The summed E-state index contributed by atoms with van der Waals surface area (Å²) in [7, 11) is 0. The minimum atomic E-state index is -1.13. The number of hydrogen-bond donors (Lipinski definition) is 2. The van der Waals surface area contributed by atoms with E-state index in [1.165, 1.54) is 12.3 Å². The average Bonchev–Trinajstić information content (AvgIpc) is 2.73. The van der Waals surface area contributed by atoms with Gasteiger partial charge in [0.2, 0.25) is 0 Å². The van der Waals surface area contributed by atoms with Gasteiger partial charge in [-0.25, -0.2) is 0 Å².